The van der Waals surface area contributed by atoms with Gasteiger partial charge in [0.05, 0.1) is 28.8 Å². The van der Waals surface area contributed by atoms with Crippen LogP contribution in [0, 0.1) is 21.4 Å². The second kappa shape index (κ2) is 6.43. The van der Waals surface area contributed by atoms with Crippen LogP contribution in [0.5, 0.6) is 0 Å². The predicted octanol–water partition coefficient (Wildman–Crippen LogP) is 1.56. The number of rotatable bonds is 2. The van der Waals surface area contributed by atoms with Crippen LogP contribution >= 0.6 is 0 Å². The zero-order valence-electron chi connectivity index (χ0n) is 15.0. The van der Waals surface area contributed by atoms with Gasteiger partial charge in [0.2, 0.25) is 5.88 Å². The van der Waals surface area contributed by atoms with Gasteiger partial charge in [-0.05, 0) is 6.92 Å². The molecule has 146 valence electrons. The first-order valence-corrected chi connectivity index (χ1v) is 8.72. The number of nitro benzene ring substituents is 1. The van der Waals surface area contributed by atoms with Crippen molar-refractivity contribution in [3.05, 3.63) is 27.3 Å². The number of aromatic nitrogens is 1. The number of nitrogens with zero attached hydrogens (tertiary/aromatic N) is 4. The number of hydrogen-bond acceptors (Lipinski definition) is 9. The molecule has 0 radical (unpaired) electrons. The molecule has 1 aromatic heterocycles. The molecule has 3 heterocycles. The van der Waals surface area contributed by atoms with Gasteiger partial charge in [0.15, 0.2) is 5.79 Å². The van der Waals surface area contributed by atoms with Crippen molar-refractivity contribution in [3.8, 4) is 6.07 Å². The topological polar surface area (TPSA) is 158 Å². The Balaban J connectivity index is 1.68. The lowest BCUT2D eigenvalue weighted by Gasteiger charge is -2.37. The molecular formula is C17H17N5O6. The highest BCUT2D eigenvalue weighted by atomic mass is 16.7. The van der Waals surface area contributed by atoms with Gasteiger partial charge >= 0.3 is 0 Å². The molecule has 0 bridgehead atoms. The summed E-state index contributed by atoms with van der Waals surface area (Å²) >= 11 is 0. The van der Waals surface area contributed by atoms with Crippen LogP contribution in [0.15, 0.2) is 10.6 Å². The first-order valence-electron chi connectivity index (χ1n) is 8.72. The maximum atomic E-state index is 13.1. The first-order chi connectivity index (χ1) is 13.3. The molecule has 11 nitrogen and oxygen atoms in total. The Hall–Kier alpha value is -3.23. The molecule has 1 aromatic carbocycles. The summed E-state index contributed by atoms with van der Waals surface area (Å²) in [5.41, 5.74) is 4.89. The fourth-order valence-electron chi connectivity index (χ4n) is 3.74. The number of nitrogens with two attached hydrogens (primary N) is 1. The standard InChI is InChI=1S/C17H17N5O6/c1-9-8-26-17(27-9)2-4-21(5-3-17)16(23)10-6-12(22(24)25)13-14(11(10)7-18)20-28-15(13)19/h6,9H,2-5,8,19H2,1H3/t9-/m0/s1. The maximum absolute atomic E-state index is 13.1. The van der Waals surface area contributed by atoms with E-state index in [2.05, 4.69) is 5.16 Å². The van der Waals surface area contributed by atoms with Crippen molar-refractivity contribution in [2.45, 2.75) is 31.7 Å². The van der Waals surface area contributed by atoms with Gasteiger partial charge < -0.3 is 24.6 Å². The molecule has 2 N–H and O–H groups in total. The van der Waals surface area contributed by atoms with Crippen LogP contribution in [0.3, 0.4) is 0 Å². The number of nitro groups is 1. The normalized spacial score (nSPS) is 21.1. The van der Waals surface area contributed by atoms with E-state index in [0.29, 0.717) is 32.5 Å². The number of nitriles is 1. The maximum Gasteiger partial charge on any atom is 0.285 e. The van der Waals surface area contributed by atoms with Gasteiger partial charge in [-0.2, -0.15) is 5.26 Å². The molecule has 2 fully saturated rings. The SMILES string of the molecule is C[C@H]1COC2(CCN(C(=O)c3cc([N+](=O)[O-])c4c(N)onc4c3C#N)CC2)O1. The fourth-order valence-corrected chi connectivity index (χ4v) is 3.74. The van der Waals surface area contributed by atoms with Crippen molar-refractivity contribution in [1.29, 1.82) is 5.26 Å². The Labute approximate surface area is 158 Å². The van der Waals surface area contributed by atoms with Crippen LogP contribution < -0.4 is 5.73 Å². The number of nitrogen functional groups attached to an aromatic ring is 1. The Morgan fingerprint density at radius 1 is 1.50 bits per heavy atom. The van der Waals surface area contributed by atoms with E-state index in [9.17, 15) is 20.2 Å². The molecule has 0 aliphatic carbocycles. The van der Waals surface area contributed by atoms with Crippen molar-refractivity contribution in [1.82, 2.24) is 10.1 Å². The van der Waals surface area contributed by atoms with Crippen molar-refractivity contribution in [2.24, 2.45) is 0 Å². The molecule has 0 unspecified atom stereocenters. The van der Waals surface area contributed by atoms with Gasteiger partial charge in [0, 0.05) is 32.0 Å². The predicted molar refractivity (Wildman–Crippen MR) is 94.2 cm³/mol. The van der Waals surface area contributed by atoms with Crippen molar-refractivity contribution < 1.29 is 23.7 Å². The van der Waals surface area contributed by atoms with Crippen molar-refractivity contribution in [2.75, 3.05) is 25.4 Å². The van der Waals surface area contributed by atoms with E-state index in [-0.39, 0.29) is 34.0 Å². The van der Waals surface area contributed by atoms with Gasteiger partial charge in [0.25, 0.3) is 11.6 Å². The number of fused-ring (bicyclic) bond motifs is 1. The highest BCUT2D eigenvalue weighted by Gasteiger charge is 2.44. The minimum Gasteiger partial charge on any atom is -0.367 e. The second-order valence-corrected chi connectivity index (χ2v) is 6.90. The first kappa shape index (κ1) is 18.1. The van der Waals surface area contributed by atoms with Gasteiger partial charge in [0.1, 0.15) is 17.0 Å². The number of likely N-dealkylation sites (tertiary alicyclic amines) is 1. The van der Waals surface area contributed by atoms with Gasteiger partial charge in [-0.3, -0.25) is 14.9 Å². The Morgan fingerprint density at radius 2 is 2.21 bits per heavy atom. The summed E-state index contributed by atoms with van der Waals surface area (Å²) < 4.78 is 16.4. The van der Waals surface area contributed by atoms with Gasteiger partial charge in [-0.1, -0.05) is 5.16 Å². The van der Waals surface area contributed by atoms with E-state index in [0.717, 1.165) is 6.07 Å². The van der Waals surface area contributed by atoms with Crippen molar-refractivity contribution >= 4 is 28.4 Å². The van der Waals surface area contributed by atoms with Gasteiger partial charge in [-0.25, -0.2) is 0 Å². The average molecular weight is 387 g/mol. The number of benzene rings is 1. The van der Waals surface area contributed by atoms with Crippen molar-refractivity contribution in [3.63, 3.8) is 0 Å². The zero-order valence-corrected chi connectivity index (χ0v) is 15.0. The van der Waals surface area contributed by atoms with E-state index in [1.165, 1.54) is 4.90 Å². The number of anilines is 1. The number of hydrogen-bond donors (Lipinski definition) is 1. The summed E-state index contributed by atoms with van der Waals surface area (Å²) in [6.45, 7) is 3.10. The molecule has 2 aromatic rings. The molecule has 0 saturated carbocycles. The number of non-ortho nitro benzene ring substituents is 1. The second-order valence-electron chi connectivity index (χ2n) is 6.90. The lowest BCUT2D eigenvalue weighted by Crippen LogP contribution is -2.47. The highest BCUT2D eigenvalue weighted by Crippen LogP contribution is 2.37. The molecule has 4 rings (SSSR count). The molecule has 11 heteroatoms. The number of carbonyl (C=O) groups is 1. The molecular weight excluding hydrogens is 370 g/mol. The van der Waals surface area contributed by atoms with Crippen LogP contribution in [0.1, 0.15) is 35.7 Å². The van der Waals surface area contributed by atoms with Crippen LogP contribution in [-0.4, -0.2) is 52.5 Å². The fraction of sp³-hybridized carbons (Fsp3) is 0.471. The third-order valence-corrected chi connectivity index (χ3v) is 5.11. The summed E-state index contributed by atoms with van der Waals surface area (Å²) in [6.07, 6.45) is 0.952. The third kappa shape index (κ3) is 2.74. The molecule has 2 aliphatic rings. The molecule has 2 aliphatic heterocycles. The molecule has 1 atom stereocenters. The number of amides is 1. The van der Waals surface area contributed by atoms with E-state index in [4.69, 9.17) is 19.7 Å². The largest absolute Gasteiger partial charge is 0.367 e. The van der Waals surface area contributed by atoms with E-state index in [1.54, 1.807) is 0 Å². The summed E-state index contributed by atoms with van der Waals surface area (Å²) in [7, 11) is 0. The van der Waals surface area contributed by atoms with E-state index in [1.807, 2.05) is 13.0 Å². The molecule has 28 heavy (non-hydrogen) atoms. The Kier molecular flexibility index (Phi) is 4.17. The molecule has 1 spiro atoms. The minimum absolute atomic E-state index is 0.00452. The van der Waals surface area contributed by atoms with Crippen LogP contribution in [0.25, 0.3) is 10.9 Å². The Morgan fingerprint density at radius 3 is 2.79 bits per heavy atom. The van der Waals surface area contributed by atoms with Crippen LogP contribution in [-0.2, 0) is 9.47 Å². The monoisotopic (exact) mass is 387 g/mol. The Bertz CT molecular complexity index is 1020. The highest BCUT2D eigenvalue weighted by molar-refractivity contribution is 6.07. The summed E-state index contributed by atoms with van der Waals surface area (Å²) in [5.74, 6) is -1.46. The van der Waals surface area contributed by atoms with Crippen LogP contribution in [0.4, 0.5) is 11.6 Å². The minimum atomic E-state index is -0.690. The average Bonchev–Trinajstić information content (AvgIpc) is 3.23. The number of piperidine rings is 1. The number of ether oxygens (including phenoxy) is 2. The van der Waals surface area contributed by atoms with E-state index >= 15 is 0 Å². The lowest BCUT2D eigenvalue weighted by molar-refractivity contribution is -0.383. The summed E-state index contributed by atoms with van der Waals surface area (Å²) in [4.78, 5) is 25.4. The summed E-state index contributed by atoms with van der Waals surface area (Å²) in [5, 5.41) is 24.6. The van der Waals surface area contributed by atoms with Crippen LogP contribution in [0.2, 0.25) is 0 Å². The third-order valence-electron chi connectivity index (χ3n) is 5.11. The lowest BCUT2D eigenvalue weighted by atomic mass is 9.99. The summed E-state index contributed by atoms with van der Waals surface area (Å²) in [6, 6.07) is 2.96. The number of carbonyl (C=O) groups excluding carboxylic acids is 1. The zero-order chi connectivity index (χ0) is 20.1. The smallest absolute Gasteiger partial charge is 0.285 e. The molecule has 1 amide bonds. The van der Waals surface area contributed by atoms with Gasteiger partial charge in [-0.15, -0.1) is 0 Å². The molecule has 2 saturated heterocycles. The quantitative estimate of drug-likeness (QED) is 0.596. The van der Waals surface area contributed by atoms with E-state index < -0.39 is 22.3 Å².